The highest BCUT2D eigenvalue weighted by molar-refractivity contribution is 8.13. The van der Waals surface area contributed by atoms with Crippen LogP contribution in [0.4, 0.5) is 0 Å². The summed E-state index contributed by atoms with van der Waals surface area (Å²) in [5, 5.41) is 4.27. The van der Waals surface area contributed by atoms with E-state index < -0.39 is 10.0 Å². The molecule has 0 bridgehead atoms. The van der Waals surface area contributed by atoms with Crippen molar-refractivity contribution in [2.24, 2.45) is 4.99 Å². The predicted molar refractivity (Wildman–Crippen MR) is 69.4 cm³/mol. The van der Waals surface area contributed by atoms with Crippen LogP contribution in [0.2, 0.25) is 0 Å². The number of hydrogen-bond donors (Lipinski definition) is 2. The smallest absolute Gasteiger partial charge is 0.208 e. The third-order valence-electron chi connectivity index (χ3n) is 2.26. The van der Waals surface area contributed by atoms with Crippen molar-refractivity contribution in [1.29, 1.82) is 0 Å². The Hall–Kier alpha value is -0.270. The monoisotopic (exact) mass is 265 g/mol. The predicted octanol–water partition coefficient (Wildman–Crippen LogP) is 0.397. The lowest BCUT2D eigenvalue weighted by Crippen LogP contribution is -2.37. The molecule has 94 valence electrons. The summed E-state index contributed by atoms with van der Waals surface area (Å²) in [6.07, 6.45) is 3.42. The van der Waals surface area contributed by atoms with Crippen molar-refractivity contribution in [3.63, 3.8) is 0 Å². The summed E-state index contributed by atoms with van der Waals surface area (Å²) in [6.45, 7) is 3.00. The molecule has 7 heteroatoms. The van der Waals surface area contributed by atoms with Crippen molar-refractivity contribution in [3.8, 4) is 0 Å². The molecule has 0 amide bonds. The van der Waals surface area contributed by atoms with Crippen molar-refractivity contribution in [2.75, 3.05) is 25.1 Å². The number of nitrogens with one attached hydrogen (secondary N) is 2. The lowest BCUT2D eigenvalue weighted by Gasteiger charge is -2.24. The van der Waals surface area contributed by atoms with Gasteiger partial charge in [-0.25, -0.2) is 13.1 Å². The second kappa shape index (κ2) is 6.46. The molecule has 2 N–H and O–H groups in total. The second-order valence-electron chi connectivity index (χ2n) is 3.74. The lowest BCUT2D eigenvalue weighted by atomic mass is 10.2. The van der Waals surface area contributed by atoms with Crippen molar-refractivity contribution in [2.45, 2.75) is 25.8 Å². The van der Waals surface area contributed by atoms with Crippen LogP contribution in [0.3, 0.4) is 0 Å². The molecule has 16 heavy (non-hydrogen) atoms. The zero-order chi connectivity index (χ0) is 12.0. The summed E-state index contributed by atoms with van der Waals surface area (Å²) < 4.78 is 24.0. The van der Waals surface area contributed by atoms with Crippen LogP contribution in [0.1, 0.15) is 19.8 Å². The van der Waals surface area contributed by atoms with Gasteiger partial charge in [-0.2, -0.15) is 0 Å². The fourth-order valence-corrected chi connectivity index (χ4v) is 2.86. The molecule has 1 rings (SSSR count). The van der Waals surface area contributed by atoms with Gasteiger partial charge in [0.05, 0.1) is 12.8 Å². The second-order valence-corrected chi connectivity index (χ2v) is 6.66. The van der Waals surface area contributed by atoms with Crippen molar-refractivity contribution < 1.29 is 8.42 Å². The highest BCUT2D eigenvalue weighted by Gasteiger charge is 2.14. The molecule has 0 aromatic carbocycles. The maximum absolute atomic E-state index is 10.8. The average Bonchev–Trinajstić information content (AvgIpc) is 2.23. The van der Waals surface area contributed by atoms with E-state index in [0.29, 0.717) is 19.1 Å². The summed E-state index contributed by atoms with van der Waals surface area (Å²) in [4.78, 5) is 4.33. The van der Waals surface area contributed by atoms with Crippen LogP contribution in [0.5, 0.6) is 0 Å². The number of rotatable bonds is 5. The quantitative estimate of drug-likeness (QED) is 0.706. The van der Waals surface area contributed by atoms with Gasteiger partial charge in [-0.05, 0) is 12.8 Å². The molecule has 0 saturated carbocycles. The molecule has 1 atom stereocenters. The fourth-order valence-electron chi connectivity index (χ4n) is 1.37. The van der Waals surface area contributed by atoms with E-state index in [1.165, 1.54) is 6.42 Å². The molecule has 0 spiro atoms. The number of amidine groups is 1. The molecule has 1 fully saturated rings. The molecule has 0 aromatic rings. The molecule has 1 saturated heterocycles. The normalized spacial score (nSPS) is 24.4. The largest absolute Gasteiger partial charge is 0.362 e. The molecule has 1 aliphatic heterocycles. The molecule has 1 aliphatic rings. The molecule has 0 radical (unpaired) electrons. The molecule has 1 heterocycles. The van der Waals surface area contributed by atoms with Gasteiger partial charge in [-0.15, -0.1) is 0 Å². The Bertz CT molecular complexity index is 341. The van der Waals surface area contributed by atoms with Gasteiger partial charge >= 0.3 is 0 Å². The Morgan fingerprint density at radius 2 is 2.38 bits per heavy atom. The van der Waals surface area contributed by atoms with Crippen molar-refractivity contribution in [3.05, 3.63) is 0 Å². The maximum Gasteiger partial charge on any atom is 0.208 e. The summed E-state index contributed by atoms with van der Waals surface area (Å²) in [5.74, 6) is 1.09. The minimum atomic E-state index is -3.09. The van der Waals surface area contributed by atoms with Gasteiger partial charge in [0.1, 0.15) is 0 Å². The first-order valence-electron chi connectivity index (χ1n) is 5.39. The Morgan fingerprint density at radius 3 is 3.00 bits per heavy atom. The molecule has 1 unspecified atom stereocenters. The van der Waals surface area contributed by atoms with E-state index in [0.717, 1.165) is 23.6 Å². The van der Waals surface area contributed by atoms with Gasteiger partial charge < -0.3 is 5.32 Å². The van der Waals surface area contributed by atoms with Crippen LogP contribution in [0.15, 0.2) is 4.99 Å². The standard InChI is InChI=1S/C9H19N3O2S2/c1-3-8-4-7-15-9(12-8)10-5-6-11-16(2,13)14/h8,11H,3-7H2,1-2H3,(H,10,12). The van der Waals surface area contributed by atoms with Gasteiger partial charge in [0, 0.05) is 18.3 Å². The van der Waals surface area contributed by atoms with E-state index in [1.54, 1.807) is 11.8 Å². The number of hydrogen-bond acceptors (Lipinski definition) is 4. The molecular formula is C9H19N3O2S2. The van der Waals surface area contributed by atoms with Crippen LogP contribution in [-0.2, 0) is 10.0 Å². The van der Waals surface area contributed by atoms with Crippen molar-refractivity contribution in [1.82, 2.24) is 10.0 Å². The van der Waals surface area contributed by atoms with E-state index in [2.05, 4.69) is 22.0 Å². The molecule has 0 aromatic heterocycles. The van der Waals surface area contributed by atoms with E-state index in [9.17, 15) is 8.42 Å². The zero-order valence-corrected chi connectivity index (χ0v) is 11.3. The summed E-state index contributed by atoms with van der Waals surface area (Å²) >= 11 is 1.70. The van der Waals surface area contributed by atoms with E-state index >= 15 is 0 Å². The summed E-state index contributed by atoms with van der Waals surface area (Å²) in [5.41, 5.74) is 0. The first-order chi connectivity index (χ1) is 7.51. The molecule has 5 nitrogen and oxygen atoms in total. The zero-order valence-electron chi connectivity index (χ0n) is 9.69. The minimum Gasteiger partial charge on any atom is -0.362 e. The number of sulfonamides is 1. The summed E-state index contributed by atoms with van der Waals surface area (Å²) in [6, 6.07) is 0.517. The van der Waals surface area contributed by atoms with Crippen LogP contribution in [0, 0.1) is 0 Å². The summed E-state index contributed by atoms with van der Waals surface area (Å²) in [7, 11) is -3.09. The van der Waals surface area contributed by atoms with Crippen LogP contribution < -0.4 is 10.0 Å². The SMILES string of the molecule is CCC1CCSC(=NCCNS(C)(=O)=O)N1. The highest BCUT2D eigenvalue weighted by atomic mass is 32.2. The molecular weight excluding hydrogens is 246 g/mol. The van der Waals surface area contributed by atoms with Gasteiger partial charge in [-0.3, -0.25) is 4.99 Å². The van der Waals surface area contributed by atoms with Crippen LogP contribution in [-0.4, -0.2) is 44.7 Å². The van der Waals surface area contributed by atoms with Gasteiger partial charge in [0.15, 0.2) is 5.17 Å². The average molecular weight is 265 g/mol. The minimum absolute atomic E-state index is 0.362. The van der Waals surface area contributed by atoms with Gasteiger partial charge in [0.25, 0.3) is 0 Å². The van der Waals surface area contributed by atoms with E-state index in [4.69, 9.17) is 0 Å². The first-order valence-corrected chi connectivity index (χ1v) is 8.27. The molecule has 0 aliphatic carbocycles. The van der Waals surface area contributed by atoms with Crippen LogP contribution in [0.25, 0.3) is 0 Å². The Balaban J connectivity index is 2.28. The third-order valence-corrected chi connectivity index (χ3v) is 3.95. The Morgan fingerprint density at radius 1 is 1.62 bits per heavy atom. The Labute approximate surface area is 102 Å². The van der Waals surface area contributed by atoms with Gasteiger partial charge in [0.2, 0.25) is 10.0 Å². The number of aliphatic imine (C=N–C) groups is 1. The van der Waals surface area contributed by atoms with Gasteiger partial charge in [-0.1, -0.05) is 18.7 Å². The third kappa shape index (κ3) is 5.72. The number of thioether (sulfide) groups is 1. The fraction of sp³-hybridized carbons (Fsp3) is 0.889. The van der Waals surface area contributed by atoms with E-state index in [1.807, 2.05) is 0 Å². The van der Waals surface area contributed by atoms with Crippen LogP contribution >= 0.6 is 11.8 Å². The first kappa shape index (κ1) is 13.8. The van der Waals surface area contributed by atoms with E-state index in [-0.39, 0.29) is 0 Å². The highest BCUT2D eigenvalue weighted by Crippen LogP contribution is 2.15. The lowest BCUT2D eigenvalue weighted by molar-refractivity contribution is 0.570. The van der Waals surface area contributed by atoms with Crippen molar-refractivity contribution >= 4 is 27.0 Å². The topological polar surface area (TPSA) is 70.6 Å². The number of nitrogens with zero attached hydrogens (tertiary/aromatic N) is 1. The Kier molecular flexibility index (Phi) is 5.57. The maximum atomic E-state index is 10.8.